The molecule has 0 spiro atoms. The molecule has 0 radical (unpaired) electrons. The summed E-state index contributed by atoms with van der Waals surface area (Å²) in [7, 11) is 1.72. The maximum atomic E-state index is 5.68. The molecule has 1 aromatic rings. The average Bonchev–Trinajstić information content (AvgIpc) is 2.30. The number of rotatable bonds is 6. The quantitative estimate of drug-likeness (QED) is 0.609. The van der Waals surface area contributed by atoms with Crippen LogP contribution in [-0.2, 0) is 0 Å². The molecule has 0 aromatic heterocycles. The number of hydrogen-bond donors (Lipinski definition) is 1. The number of ether oxygens (including phenoxy) is 1. The Labute approximate surface area is 109 Å². The number of alkyl halides is 1. The summed E-state index contributed by atoms with van der Waals surface area (Å²) in [6, 6.07) is 4.28. The van der Waals surface area contributed by atoms with Crippen molar-refractivity contribution in [2.75, 3.05) is 24.9 Å². The predicted octanol–water partition coefficient (Wildman–Crippen LogP) is 4.17. The fourth-order valence-corrected chi connectivity index (χ4v) is 1.94. The van der Waals surface area contributed by atoms with E-state index in [4.69, 9.17) is 16.3 Å². The highest BCUT2D eigenvalue weighted by molar-refractivity contribution is 6.17. The van der Waals surface area contributed by atoms with Crippen LogP contribution in [-0.4, -0.2) is 19.5 Å². The fourth-order valence-electron chi connectivity index (χ4n) is 1.81. The lowest BCUT2D eigenvalue weighted by molar-refractivity contribution is 0.407. The predicted molar refractivity (Wildman–Crippen MR) is 75.6 cm³/mol. The largest absolute Gasteiger partial charge is 0.496 e. The molecule has 0 aliphatic rings. The molecule has 0 saturated carbocycles. The van der Waals surface area contributed by atoms with Crippen molar-refractivity contribution in [3.8, 4) is 5.75 Å². The highest BCUT2D eigenvalue weighted by atomic mass is 35.5. The highest BCUT2D eigenvalue weighted by Crippen LogP contribution is 2.31. The van der Waals surface area contributed by atoms with Gasteiger partial charge in [0.1, 0.15) is 5.75 Å². The van der Waals surface area contributed by atoms with Gasteiger partial charge in [-0.2, -0.15) is 0 Å². The lowest BCUT2D eigenvalue weighted by atomic mass is 9.99. The van der Waals surface area contributed by atoms with Gasteiger partial charge in [-0.3, -0.25) is 0 Å². The zero-order valence-electron chi connectivity index (χ0n) is 11.1. The summed E-state index contributed by atoms with van der Waals surface area (Å²) in [6.45, 7) is 7.36. The van der Waals surface area contributed by atoms with Crippen LogP contribution in [0.1, 0.15) is 37.3 Å². The number of anilines is 1. The molecule has 1 aromatic carbocycles. The lowest BCUT2D eigenvalue weighted by Gasteiger charge is -2.17. The third kappa shape index (κ3) is 3.81. The first-order valence-corrected chi connectivity index (χ1v) is 6.62. The molecule has 17 heavy (non-hydrogen) atoms. The van der Waals surface area contributed by atoms with Crippen molar-refractivity contribution < 1.29 is 4.74 Å². The number of methoxy groups -OCH3 is 1. The molecular weight excluding hydrogens is 234 g/mol. The molecule has 0 saturated heterocycles. The Morgan fingerprint density at radius 2 is 2.06 bits per heavy atom. The number of hydrogen-bond acceptors (Lipinski definition) is 2. The van der Waals surface area contributed by atoms with Gasteiger partial charge in [-0.05, 0) is 42.5 Å². The smallest absolute Gasteiger partial charge is 0.122 e. The van der Waals surface area contributed by atoms with Crippen LogP contribution in [0.4, 0.5) is 5.69 Å². The van der Waals surface area contributed by atoms with Crippen LogP contribution in [0.25, 0.3) is 0 Å². The highest BCUT2D eigenvalue weighted by Gasteiger charge is 2.10. The third-order valence-corrected chi connectivity index (χ3v) is 3.09. The van der Waals surface area contributed by atoms with Crippen LogP contribution < -0.4 is 10.1 Å². The molecule has 1 N–H and O–H groups in total. The van der Waals surface area contributed by atoms with E-state index in [2.05, 4.69) is 38.2 Å². The molecule has 3 heteroatoms. The van der Waals surface area contributed by atoms with Gasteiger partial charge in [0, 0.05) is 18.1 Å². The molecule has 1 rings (SSSR count). The van der Waals surface area contributed by atoms with Gasteiger partial charge >= 0.3 is 0 Å². The maximum absolute atomic E-state index is 5.68. The first-order valence-electron chi connectivity index (χ1n) is 6.08. The van der Waals surface area contributed by atoms with E-state index < -0.39 is 0 Å². The molecular formula is C14H22ClNO. The van der Waals surface area contributed by atoms with Crippen LogP contribution in [0.15, 0.2) is 12.1 Å². The second-order valence-corrected chi connectivity index (χ2v) is 4.91. The Bertz CT molecular complexity index is 363. The Kier molecular flexibility index (Phi) is 5.63. The van der Waals surface area contributed by atoms with E-state index in [-0.39, 0.29) is 0 Å². The number of halogens is 1. The van der Waals surface area contributed by atoms with Gasteiger partial charge in [0.2, 0.25) is 0 Å². The minimum absolute atomic E-state index is 0.458. The van der Waals surface area contributed by atoms with Gasteiger partial charge in [0.15, 0.2) is 0 Å². The van der Waals surface area contributed by atoms with Gasteiger partial charge in [-0.25, -0.2) is 0 Å². The van der Waals surface area contributed by atoms with E-state index in [0.717, 1.165) is 18.7 Å². The summed E-state index contributed by atoms with van der Waals surface area (Å²) in [4.78, 5) is 0. The minimum Gasteiger partial charge on any atom is -0.496 e. The summed E-state index contributed by atoms with van der Waals surface area (Å²) >= 11 is 5.68. The van der Waals surface area contributed by atoms with Crippen molar-refractivity contribution in [1.82, 2.24) is 0 Å². The van der Waals surface area contributed by atoms with Gasteiger partial charge in [-0.15, -0.1) is 11.6 Å². The third-order valence-electron chi connectivity index (χ3n) is 2.82. The normalized spacial score (nSPS) is 10.7. The molecule has 0 bridgehead atoms. The standard InChI is InChI=1S/C14H22ClNO/c1-10(2)12-9-13(16-7-5-6-15)11(3)8-14(12)17-4/h8-10,16H,5-7H2,1-4H3. The molecule has 0 amide bonds. The summed E-state index contributed by atoms with van der Waals surface area (Å²) < 4.78 is 5.42. The van der Waals surface area contributed by atoms with Crippen LogP contribution >= 0.6 is 11.6 Å². The second-order valence-electron chi connectivity index (χ2n) is 4.53. The zero-order chi connectivity index (χ0) is 12.8. The Morgan fingerprint density at radius 1 is 1.35 bits per heavy atom. The van der Waals surface area contributed by atoms with Crippen molar-refractivity contribution in [2.45, 2.75) is 33.1 Å². The van der Waals surface area contributed by atoms with Crippen molar-refractivity contribution in [3.05, 3.63) is 23.3 Å². The maximum Gasteiger partial charge on any atom is 0.122 e. The monoisotopic (exact) mass is 255 g/mol. The van der Waals surface area contributed by atoms with Crippen LogP contribution in [0, 0.1) is 6.92 Å². The molecule has 2 nitrogen and oxygen atoms in total. The average molecular weight is 256 g/mol. The number of aryl methyl sites for hydroxylation is 1. The molecule has 0 aliphatic carbocycles. The van der Waals surface area contributed by atoms with Crippen molar-refractivity contribution >= 4 is 17.3 Å². The van der Waals surface area contributed by atoms with Crippen molar-refractivity contribution in [2.24, 2.45) is 0 Å². The summed E-state index contributed by atoms with van der Waals surface area (Å²) in [5.41, 5.74) is 3.63. The van der Waals surface area contributed by atoms with Crippen LogP contribution in [0.3, 0.4) is 0 Å². The van der Waals surface area contributed by atoms with Gasteiger partial charge in [0.05, 0.1) is 7.11 Å². The first kappa shape index (κ1) is 14.2. The van der Waals surface area contributed by atoms with E-state index in [1.165, 1.54) is 16.8 Å². The fraction of sp³-hybridized carbons (Fsp3) is 0.571. The summed E-state index contributed by atoms with van der Waals surface area (Å²) in [5, 5.41) is 3.42. The van der Waals surface area contributed by atoms with Crippen molar-refractivity contribution in [1.29, 1.82) is 0 Å². The van der Waals surface area contributed by atoms with Crippen molar-refractivity contribution in [3.63, 3.8) is 0 Å². The Balaban J connectivity index is 2.94. The Morgan fingerprint density at radius 3 is 2.59 bits per heavy atom. The van der Waals surface area contributed by atoms with Gasteiger partial charge in [0.25, 0.3) is 0 Å². The molecule has 0 aliphatic heterocycles. The van der Waals surface area contributed by atoms with E-state index >= 15 is 0 Å². The Hall–Kier alpha value is -0.890. The second kappa shape index (κ2) is 6.75. The van der Waals surface area contributed by atoms with Crippen LogP contribution in [0.5, 0.6) is 5.75 Å². The molecule has 96 valence electrons. The number of benzene rings is 1. The first-order chi connectivity index (χ1) is 8.10. The van der Waals surface area contributed by atoms with E-state index in [1.54, 1.807) is 7.11 Å². The summed E-state index contributed by atoms with van der Waals surface area (Å²) in [6.07, 6.45) is 0.976. The summed E-state index contributed by atoms with van der Waals surface area (Å²) in [5.74, 6) is 2.12. The van der Waals surface area contributed by atoms with Gasteiger partial charge in [-0.1, -0.05) is 13.8 Å². The SMILES string of the molecule is COc1cc(C)c(NCCCCl)cc1C(C)C. The van der Waals surface area contributed by atoms with Gasteiger partial charge < -0.3 is 10.1 Å². The molecule has 0 heterocycles. The topological polar surface area (TPSA) is 21.3 Å². The molecule has 0 atom stereocenters. The number of nitrogens with one attached hydrogen (secondary N) is 1. The van der Waals surface area contributed by atoms with E-state index in [0.29, 0.717) is 11.8 Å². The zero-order valence-corrected chi connectivity index (χ0v) is 11.9. The minimum atomic E-state index is 0.458. The van der Waals surface area contributed by atoms with Crippen LogP contribution in [0.2, 0.25) is 0 Å². The van der Waals surface area contributed by atoms with E-state index in [9.17, 15) is 0 Å². The van der Waals surface area contributed by atoms with E-state index in [1.807, 2.05) is 0 Å². The molecule has 0 unspecified atom stereocenters. The molecule has 0 fully saturated rings. The lowest BCUT2D eigenvalue weighted by Crippen LogP contribution is -2.05.